The van der Waals surface area contributed by atoms with Crippen molar-refractivity contribution in [2.24, 2.45) is 0 Å². The maximum Gasteiger partial charge on any atom is 0.272 e. The summed E-state index contributed by atoms with van der Waals surface area (Å²) in [7, 11) is -1.49. The highest BCUT2D eigenvalue weighted by Gasteiger charge is 2.33. The zero-order valence-electron chi connectivity index (χ0n) is 24.3. The van der Waals surface area contributed by atoms with E-state index >= 15 is 0 Å². The molecule has 1 unspecified atom stereocenters. The lowest BCUT2D eigenvalue weighted by Gasteiger charge is -2.43. The maximum absolute atomic E-state index is 13.5. The molecule has 3 aliphatic heterocycles. The standard InChI is InChI=1S/C30H42ClN5O4S/c1-21-27(10-8-26-9-11-28(40-26)22-4-6-23(31)7-5-22)32-20-33-29(21)30(37)36-18-14-25(15-19-36)35-16-12-24(13-17-35)34(2)41(3,38)39/h4-7,20,24-26,28H,8-19H2,1-3H3/t26?,28-/m1/s1. The van der Waals surface area contributed by atoms with E-state index in [1.807, 2.05) is 36.1 Å². The van der Waals surface area contributed by atoms with Crippen LogP contribution in [0.2, 0.25) is 5.02 Å². The van der Waals surface area contributed by atoms with Gasteiger partial charge in [-0.15, -0.1) is 0 Å². The predicted molar refractivity (Wildman–Crippen MR) is 160 cm³/mol. The molecule has 0 N–H and O–H groups in total. The summed E-state index contributed by atoms with van der Waals surface area (Å²) in [6, 6.07) is 8.38. The van der Waals surface area contributed by atoms with Gasteiger partial charge in [-0.05, 0) is 89.1 Å². The molecular formula is C30H42ClN5O4S. The summed E-state index contributed by atoms with van der Waals surface area (Å²) in [5.41, 5.74) is 3.45. The van der Waals surface area contributed by atoms with Crippen LogP contribution < -0.4 is 0 Å². The zero-order chi connectivity index (χ0) is 29.1. The van der Waals surface area contributed by atoms with Gasteiger partial charge in [-0.25, -0.2) is 22.7 Å². The van der Waals surface area contributed by atoms with E-state index in [4.69, 9.17) is 16.3 Å². The average Bonchev–Trinajstić information content (AvgIpc) is 3.45. The Morgan fingerprint density at radius 1 is 1.02 bits per heavy atom. The quantitative estimate of drug-likeness (QED) is 0.445. The number of benzene rings is 1. The summed E-state index contributed by atoms with van der Waals surface area (Å²) < 4.78 is 31.6. The van der Waals surface area contributed by atoms with Crippen molar-refractivity contribution in [2.45, 2.75) is 82.6 Å². The molecule has 4 heterocycles. The van der Waals surface area contributed by atoms with Crippen molar-refractivity contribution in [1.29, 1.82) is 0 Å². The van der Waals surface area contributed by atoms with Crippen molar-refractivity contribution >= 4 is 27.5 Å². The predicted octanol–water partition coefficient (Wildman–Crippen LogP) is 4.25. The number of nitrogens with zero attached hydrogens (tertiary/aromatic N) is 5. The number of aromatic nitrogens is 2. The molecule has 1 amide bonds. The van der Waals surface area contributed by atoms with Gasteiger partial charge < -0.3 is 14.5 Å². The van der Waals surface area contributed by atoms with Crippen molar-refractivity contribution < 1.29 is 17.9 Å². The normalized spacial score (nSPS) is 23.4. The minimum absolute atomic E-state index is 0.0157. The molecule has 0 spiro atoms. The molecule has 0 bridgehead atoms. The Morgan fingerprint density at radius 3 is 2.37 bits per heavy atom. The number of sulfonamides is 1. The fourth-order valence-electron chi connectivity index (χ4n) is 6.56. The van der Waals surface area contributed by atoms with Gasteiger partial charge in [0, 0.05) is 48.5 Å². The van der Waals surface area contributed by atoms with Crippen LogP contribution in [-0.4, -0.2) is 96.1 Å². The molecule has 5 rings (SSSR count). The molecule has 1 aromatic heterocycles. The molecule has 3 saturated heterocycles. The molecule has 2 aromatic rings. The molecule has 3 fully saturated rings. The lowest BCUT2D eigenvalue weighted by Crippen LogP contribution is -2.52. The van der Waals surface area contributed by atoms with Crippen molar-refractivity contribution in [3.05, 3.63) is 58.1 Å². The number of halogens is 1. The van der Waals surface area contributed by atoms with Crippen molar-refractivity contribution in [3.63, 3.8) is 0 Å². The van der Waals surface area contributed by atoms with E-state index in [1.165, 1.54) is 16.9 Å². The largest absolute Gasteiger partial charge is 0.370 e. The Morgan fingerprint density at radius 2 is 1.71 bits per heavy atom. The highest BCUT2D eigenvalue weighted by molar-refractivity contribution is 7.88. The molecule has 1 aromatic carbocycles. The summed E-state index contributed by atoms with van der Waals surface area (Å²) in [4.78, 5) is 26.8. The molecule has 3 aliphatic rings. The third kappa shape index (κ3) is 7.28. The minimum Gasteiger partial charge on any atom is -0.370 e. The van der Waals surface area contributed by atoms with Gasteiger partial charge >= 0.3 is 0 Å². The van der Waals surface area contributed by atoms with Crippen LogP contribution in [0.15, 0.2) is 30.6 Å². The molecular weight excluding hydrogens is 562 g/mol. The van der Waals surface area contributed by atoms with E-state index in [-0.39, 0.29) is 24.2 Å². The fourth-order valence-corrected chi connectivity index (χ4v) is 7.44. The van der Waals surface area contributed by atoms with Crippen LogP contribution in [0.25, 0.3) is 0 Å². The highest BCUT2D eigenvalue weighted by atomic mass is 35.5. The summed E-state index contributed by atoms with van der Waals surface area (Å²) in [5, 5.41) is 0.731. The summed E-state index contributed by atoms with van der Waals surface area (Å²) in [6.45, 7) is 5.14. The summed E-state index contributed by atoms with van der Waals surface area (Å²) >= 11 is 6.03. The third-order valence-electron chi connectivity index (χ3n) is 9.25. The number of carbonyl (C=O) groups excluding carboxylic acids is 1. The van der Waals surface area contributed by atoms with E-state index in [1.54, 1.807) is 7.05 Å². The fraction of sp³-hybridized carbons (Fsp3) is 0.633. The van der Waals surface area contributed by atoms with Gasteiger partial charge in [0.1, 0.15) is 12.0 Å². The number of likely N-dealkylation sites (tertiary alicyclic amines) is 2. The smallest absolute Gasteiger partial charge is 0.272 e. The van der Waals surface area contributed by atoms with Crippen LogP contribution in [0.5, 0.6) is 0 Å². The number of hydrogen-bond donors (Lipinski definition) is 0. The summed E-state index contributed by atoms with van der Waals surface area (Å²) in [5.74, 6) is -0.0157. The number of carbonyl (C=O) groups is 1. The molecule has 11 heteroatoms. The number of piperidine rings is 2. The average molecular weight is 604 g/mol. The summed E-state index contributed by atoms with van der Waals surface area (Å²) in [6.07, 6.45) is 10.2. The van der Waals surface area contributed by atoms with Crippen LogP contribution in [0, 0.1) is 6.92 Å². The van der Waals surface area contributed by atoms with Crippen LogP contribution >= 0.6 is 11.6 Å². The Labute approximate surface area is 249 Å². The first-order valence-electron chi connectivity index (χ1n) is 14.8. The first-order valence-corrected chi connectivity index (χ1v) is 17.0. The second kappa shape index (κ2) is 13.0. The van der Waals surface area contributed by atoms with Crippen LogP contribution in [0.1, 0.15) is 78.4 Å². The van der Waals surface area contributed by atoms with E-state index in [2.05, 4.69) is 14.9 Å². The SMILES string of the molecule is Cc1c(CCC2CC[C@H](c3ccc(Cl)cc3)O2)ncnc1C(=O)N1CCC(N2CCC(N(C)S(C)(=O)=O)CC2)CC1. The van der Waals surface area contributed by atoms with Gasteiger partial charge in [-0.3, -0.25) is 4.79 Å². The lowest BCUT2D eigenvalue weighted by molar-refractivity contribution is 0.0401. The zero-order valence-corrected chi connectivity index (χ0v) is 25.9. The van der Waals surface area contributed by atoms with Crippen molar-refractivity contribution in [3.8, 4) is 0 Å². The molecule has 0 saturated carbocycles. The first kappa shape index (κ1) is 30.4. The van der Waals surface area contributed by atoms with E-state index in [9.17, 15) is 13.2 Å². The van der Waals surface area contributed by atoms with Gasteiger partial charge in [-0.2, -0.15) is 0 Å². The van der Waals surface area contributed by atoms with Gasteiger partial charge in [0.2, 0.25) is 10.0 Å². The minimum atomic E-state index is -3.17. The van der Waals surface area contributed by atoms with Crippen LogP contribution in [0.3, 0.4) is 0 Å². The maximum atomic E-state index is 13.5. The van der Waals surface area contributed by atoms with E-state index < -0.39 is 10.0 Å². The monoisotopic (exact) mass is 603 g/mol. The van der Waals surface area contributed by atoms with Gasteiger partial charge in [0.05, 0.1) is 18.5 Å². The Bertz CT molecular complexity index is 1310. The second-order valence-corrected chi connectivity index (χ2v) is 14.3. The Kier molecular flexibility index (Phi) is 9.65. The second-order valence-electron chi connectivity index (χ2n) is 11.8. The highest BCUT2D eigenvalue weighted by Crippen LogP contribution is 2.35. The number of hydrogen-bond acceptors (Lipinski definition) is 7. The lowest BCUT2D eigenvalue weighted by atomic mass is 9.97. The third-order valence-corrected chi connectivity index (χ3v) is 10.8. The van der Waals surface area contributed by atoms with Crippen molar-refractivity contribution in [1.82, 2.24) is 24.1 Å². The topological polar surface area (TPSA) is 95.9 Å². The molecule has 41 heavy (non-hydrogen) atoms. The van der Waals surface area contributed by atoms with Gasteiger partial charge in [0.15, 0.2) is 0 Å². The molecule has 224 valence electrons. The van der Waals surface area contributed by atoms with E-state index in [0.717, 1.165) is 86.3 Å². The van der Waals surface area contributed by atoms with Gasteiger partial charge in [0.25, 0.3) is 5.91 Å². The van der Waals surface area contributed by atoms with Crippen LogP contribution in [-0.2, 0) is 21.2 Å². The Balaban J connectivity index is 1.10. The van der Waals surface area contributed by atoms with E-state index in [0.29, 0.717) is 24.8 Å². The molecule has 0 aliphatic carbocycles. The Hall–Kier alpha value is -2.11. The molecule has 9 nitrogen and oxygen atoms in total. The first-order chi connectivity index (χ1) is 19.6. The molecule has 0 radical (unpaired) electrons. The number of amides is 1. The van der Waals surface area contributed by atoms with Gasteiger partial charge in [-0.1, -0.05) is 23.7 Å². The number of ether oxygens (including phenoxy) is 1. The number of aryl methyl sites for hydroxylation is 1. The van der Waals surface area contributed by atoms with Crippen molar-refractivity contribution in [2.75, 3.05) is 39.5 Å². The van der Waals surface area contributed by atoms with Crippen LogP contribution in [0.4, 0.5) is 0 Å². The molecule has 2 atom stereocenters. The number of rotatable bonds is 8.